The van der Waals surface area contributed by atoms with Crippen molar-refractivity contribution in [2.75, 3.05) is 5.32 Å². The van der Waals surface area contributed by atoms with Crippen LogP contribution < -0.4 is 5.32 Å². The predicted molar refractivity (Wildman–Crippen MR) is 85.6 cm³/mol. The number of carbonyl (C=O) groups is 2. The highest BCUT2D eigenvalue weighted by atomic mass is 79.9. The number of anilines is 1. The van der Waals surface area contributed by atoms with Gasteiger partial charge in [-0.15, -0.1) is 11.3 Å². The molecule has 0 fully saturated rings. The third-order valence-electron chi connectivity index (χ3n) is 2.53. The first-order valence-electron chi connectivity index (χ1n) is 5.90. The Bertz CT molecular complexity index is 725. The Kier molecular flexibility index (Phi) is 4.87. The normalized spacial score (nSPS) is 10.8. The second-order valence-corrected chi connectivity index (χ2v) is 6.00. The summed E-state index contributed by atoms with van der Waals surface area (Å²) >= 11 is 4.72. The largest absolute Gasteiger partial charge is 0.478 e. The molecule has 7 heteroatoms. The molecule has 21 heavy (non-hydrogen) atoms. The third kappa shape index (κ3) is 3.99. The molecule has 1 aromatic heterocycles. The van der Waals surface area contributed by atoms with Gasteiger partial charge in [0, 0.05) is 15.9 Å². The number of hydrogen-bond acceptors (Lipinski definition) is 4. The summed E-state index contributed by atoms with van der Waals surface area (Å²) in [6.07, 6.45) is 2.90. The summed E-state index contributed by atoms with van der Waals surface area (Å²) in [6.45, 7) is 1.88. The van der Waals surface area contributed by atoms with Crippen LogP contribution in [0.15, 0.2) is 34.1 Å². The molecule has 0 saturated heterocycles. The van der Waals surface area contributed by atoms with Gasteiger partial charge >= 0.3 is 5.97 Å². The molecular weight excluding hydrogens is 356 g/mol. The zero-order valence-corrected chi connectivity index (χ0v) is 13.4. The summed E-state index contributed by atoms with van der Waals surface area (Å²) in [4.78, 5) is 27.2. The van der Waals surface area contributed by atoms with Crippen LogP contribution in [0.3, 0.4) is 0 Å². The second kappa shape index (κ2) is 6.64. The van der Waals surface area contributed by atoms with E-state index in [2.05, 4.69) is 26.2 Å². The van der Waals surface area contributed by atoms with Crippen LogP contribution in [0.5, 0.6) is 0 Å². The lowest BCUT2D eigenvalue weighted by molar-refractivity contribution is -0.111. The van der Waals surface area contributed by atoms with Crippen LogP contribution in [0.2, 0.25) is 0 Å². The van der Waals surface area contributed by atoms with Crippen molar-refractivity contribution in [1.82, 2.24) is 4.98 Å². The van der Waals surface area contributed by atoms with E-state index in [-0.39, 0.29) is 11.3 Å². The first-order chi connectivity index (χ1) is 9.97. The maximum absolute atomic E-state index is 11.9. The summed E-state index contributed by atoms with van der Waals surface area (Å²) in [6, 6.07) is 4.68. The van der Waals surface area contributed by atoms with Crippen molar-refractivity contribution in [1.29, 1.82) is 0 Å². The van der Waals surface area contributed by atoms with Crippen molar-refractivity contribution in [2.45, 2.75) is 6.92 Å². The number of carboxylic acids is 1. The minimum atomic E-state index is -1.11. The van der Waals surface area contributed by atoms with Crippen LogP contribution in [0.1, 0.15) is 21.1 Å². The molecule has 108 valence electrons. The van der Waals surface area contributed by atoms with E-state index >= 15 is 0 Å². The fourth-order valence-corrected chi connectivity index (χ4v) is 2.66. The number of aromatic carboxylic acids is 1. The number of rotatable bonds is 4. The SMILES string of the molecule is Cc1nc(C=CC(=O)Nc2c(Br)cccc2C(=O)O)cs1. The number of thiazole rings is 1. The Morgan fingerprint density at radius 3 is 2.81 bits per heavy atom. The molecule has 2 N–H and O–H groups in total. The minimum Gasteiger partial charge on any atom is -0.478 e. The fourth-order valence-electron chi connectivity index (χ4n) is 1.61. The van der Waals surface area contributed by atoms with Crippen molar-refractivity contribution >= 4 is 50.9 Å². The number of benzene rings is 1. The average Bonchev–Trinajstić information content (AvgIpc) is 2.84. The molecule has 0 saturated carbocycles. The number of aryl methyl sites for hydroxylation is 1. The molecule has 1 aromatic carbocycles. The van der Waals surface area contributed by atoms with Crippen molar-refractivity contribution in [3.8, 4) is 0 Å². The highest BCUT2D eigenvalue weighted by Gasteiger charge is 2.14. The second-order valence-electron chi connectivity index (χ2n) is 4.08. The molecule has 0 spiro atoms. The van der Waals surface area contributed by atoms with E-state index in [0.29, 0.717) is 10.2 Å². The Morgan fingerprint density at radius 1 is 1.43 bits per heavy atom. The van der Waals surface area contributed by atoms with E-state index in [1.807, 2.05) is 12.3 Å². The van der Waals surface area contributed by atoms with Gasteiger partial charge in [-0.2, -0.15) is 0 Å². The minimum absolute atomic E-state index is 0.0237. The van der Waals surface area contributed by atoms with Crippen molar-refractivity contribution in [2.24, 2.45) is 0 Å². The van der Waals surface area contributed by atoms with E-state index < -0.39 is 11.9 Å². The number of amides is 1. The molecule has 0 aliphatic rings. The zero-order valence-electron chi connectivity index (χ0n) is 11.0. The van der Waals surface area contributed by atoms with E-state index in [1.165, 1.54) is 23.5 Å². The van der Waals surface area contributed by atoms with Gasteiger partial charge in [0.05, 0.1) is 22.0 Å². The van der Waals surface area contributed by atoms with E-state index in [0.717, 1.165) is 5.01 Å². The number of halogens is 1. The Morgan fingerprint density at radius 2 is 2.19 bits per heavy atom. The van der Waals surface area contributed by atoms with Gasteiger partial charge in [-0.3, -0.25) is 4.79 Å². The van der Waals surface area contributed by atoms with Gasteiger partial charge in [0.1, 0.15) is 0 Å². The van der Waals surface area contributed by atoms with Crippen molar-refractivity contribution in [3.05, 3.63) is 50.4 Å². The maximum atomic E-state index is 11.9. The van der Waals surface area contributed by atoms with Crippen LogP contribution in [-0.4, -0.2) is 22.0 Å². The van der Waals surface area contributed by atoms with Crippen LogP contribution in [0.25, 0.3) is 6.08 Å². The third-order valence-corrected chi connectivity index (χ3v) is 3.99. The molecule has 5 nitrogen and oxygen atoms in total. The molecule has 2 aromatic rings. The lowest BCUT2D eigenvalue weighted by atomic mass is 10.2. The van der Waals surface area contributed by atoms with Crippen molar-refractivity contribution < 1.29 is 14.7 Å². The lowest BCUT2D eigenvalue weighted by Crippen LogP contribution is -2.12. The molecule has 0 aliphatic carbocycles. The number of aromatic nitrogens is 1. The van der Waals surface area contributed by atoms with Gasteiger partial charge in [-0.1, -0.05) is 6.07 Å². The van der Waals surface area contributed by atoms with Gasteiger partial charge in [0.25, 0.3) is 0 Å². The van der Waals surface area contributed by atoms with Gasteiger partial charge < -0.3 is 10.4 Å². The van der Waals surface area contributed by atoms with Crippen LogP contribution in [-0.2, 0) is 4.79 Å². The molecule has 2 rings (SSSR count). The maximum Gasteiger partial charge on any atom is 0.337 e. The van der Waals surface area contributed by atoms with E-state index in [9.17, 15) is 9.59 Å². The average molecular weight is 367 g/mol. The van der Waals surface area contributed by atoms with Gasteiger partial charge in [-0.05, 0) is 41.1 Å². The summed E-state index contributed by atoms with van der Waals surface area (Å²) in [7, 11) is 0. The van der Waals surface area contributed by atoms with Crippen LogP contribution in [0, 0.1) is 6.92 Å². The quantitative estimate of drug-likeness (QED) is 0.810. The number of hydrogen-bond donors (Lipinski definition) is 2. The molecule has 0 unspecified atom stereocenters. The Balaban J connectivity index is 2.16. The smallest absolute Gasteiger partial charge is 0.337 e. The number of carbonyl (C=O) groups excluding carboxylic acids is 1. The number of nitrogens with one attached hydrogen (secondary N) is 1. The molecule has 0 radical (unpaired) electrons. The Hall–Kier alpha value is -1.99. The monoisotopic (exact) mass is 366 g/mol. The molecule has 1 amide bonds. The fraction of sp³-hybridized carbons (Fsp3) is 0.0714. The van der Waals surface area contributed by atoms with Gasteiger partial charge in [0.2, 0.25) is 5.91 Å². The van der Waals surface area contributed by atoms with Gasteiger partial charge in [-0.25, -0.2) is 9.78 Å². The lowest BCUT2D eigenvalue weighted by Gasteiger charge is -2.08. The highest BCUT2D eigenvalue weighted by molar-refractivity contribution is 9.10. The highest BCUT2D eigenvalue weighted by Crippen LogP contribution is 2.26. The molecule has 0 bridgehead atoms. The predicted octanol–water partition coefficient (Wildman–Crippen LogP) is 3.56. The van der Waals surface area contributed by atoms with Crippen molar-refractivity contribution in [3.63, 3.8) is 0 Å². The molecule has 0 atom stereocenters. The Labute approximate surface area is 133 Å². The first kappa shape index (κ1) is 15.4. The van der Waals surface area contributed by atoms with E-state index in [1.54, 1.807) is 18.2 Å². The summed E-state index contributed by atoms with van der Waals surface area (Å²) in [5, 5.41) is 14.4. The van der Waals surface area contributed by atoms with Gasteiger partial charge in [0.15, 0.2) is 0 Å². The standard InChI is InChI=1S/C14H11BrN2O3S/c1-8-16-9(7-21-8)5-6-12(18)17-13-10(14(19)20)3-2-4-11(13)15/h2-7H,1H3,(H,17,18)(H,19,20). The molecule has 1 heterocycles. The van der Waals surface area contributed by atoms with Crippen LogP contribution >= 0.6 is 27.3 Å². The first-order valence-corrected chi connectivity index (χ1v) is 7.57. The number of para-hydroxylation sites is 1. The summed E-state index contributed by atoms with van der Waals surface area (Å²) < 4.78 is 0.508. The van der Waals surface area contributed by atoms with Crippen LogP contribution in [0.4, 0.5) is 5.69 Å². The topological polar surface area (TPSA) is 79.3 Å². The summed E-state index contributed by atoms with van der Waals surface area (Å²) in [5.74, 6) is -1.53. The molecule has 0 aliphatic heterocycles. The number of carboxylic acid groups (broad SMARTS) is 1. The number of nitrogens with zero attached hydrogens (tertiary/aromatic N) is 1. The van der Waals surface area contributed by atoms with E-state index in [4.69, 9.17) is 5.11 Å². The zero-order chi connectivity index (χ0) is 15.4. The summed E-state index contributed by atoms with van der Waals surface area (Å²) in [5.41, 5.74) is 0.947. The molecular formula is C14H11BrN2O3S.